The highest BCUT2D eigenvalue weighted by atomic mass is 79.9. The molecule has 1 aromatic heterocycles. The van der Waals surface area contributed by atoms with Gasteiger partial charge in [-0.25, -0.2) is 0 Å². The van der Waals surface area contributed by atoms with Gasteiger partial charge < -0.3 is 10.5 Å². The number of thiophene rings is 1. The molecule has 0 fully saturated rings. The summed E-state index contributed by atoms with van der Waals surface area (Å²) >= 11 is 5.12. The molecule has 0 unspecified atom stereocenters. The number of aryl methyl sites for hydroxylation is 2. The van der Waals surface area contributed by atoms with E-state index in [1.165, 1.54) is 4.88 Å². The Kier molecular flexibility index (Phi) is 3.74. The van der Waals surface area contributed by atoms with Crippen LogP contribution in [0.5, 0.6) is 5.75 Å². The first-order valence-electron chi connectivity index (χ1n) is 5.30. The number of nitrogens with two attached hydrogens (primary N) is 1. The number of anilines is 1. The lowest BCUT2D eigenvalue weighted by Gasteiger charge is -2.10. The summed E-state index contributed by atoms with van der Waals surface area (Å²) in [6.07, 6.45) is 0. The van der Waals surface area contributed by atoms with Gasteiger partial charge in [0.25, 0.3) is 0 Å². The van der Waals surface area contributed by atoms with Crippen molar-refractivity contribution in [3.63, 3.8) is 0 Å². The van der Waals surface area contributed by atoms with Crippen molar-refractivity contribution in [2.24, 2.45) is 0 Å². The molecule has 2 N–H and O–H groups in total. The van der Waals surface area contributed by atoms with Crippen molar-refractivity contribution in [1.82, 2.24) is 0 Å². The van der Waals surface area contributed by atoms with Crippen LogP contribution in [0.15, 0.2) is 28.1 Å². The largest absolute Gasteiger partial charge is 0.488 e. The van der Waals surface area contributed by atoms with Crippen LogP contribution >= 0.6 is 27.3 Å². The van der Waals surface area contributed by atoms with E-state index in [0.717, 1.165) is 26.4 Å². The van der Waals surface area contributed by atoms with Crippen molar-refractivity contribution >= 4 is 33.0 Å². The van der Waals surface area contributed by atoms with Crippen LogP contribution in [-0.4, -0.2) is 0 Å². The Morgan fingerprint density at radius 3 is 2.65 bits per heavy atom. The Morgan fingerprint density at radius 2 is 2.00 bits per heavy atom. The molecular weight excluding hydrogens is 298 g/mol. The average molecular weight is 312 g/mol. The minimum atomic E-state index is 0.583. The highest BCUT2D eigenvalue weighted by molar-refractivity contribution is 9.11. The Hall–Kier alpha value is -1.000. The number of hydrogen-bond acceptors (Lipinski definition) is 3. The third-order valence-corrected chi connectivity index (χ3v) is 4.16. The number of halogens is 1. The minimum absolute atomic E-state index is 0.583. The standard InChI is InChI=1S/C13H14BrNOS/c1-8-5-9(2)12(6-11(8)15)16-7-10-3-4-13(14)17-10/h3-6H,7,15H2,1-2H3. The summed E-state index contributed by atoms with van der Waals surface area (Å²) in [7, 11) is 0. The van der Waals surface area contributed by atoms with Gasteiger partial charge in [-0.05, 0) is 53.0 Å². The molecule has 1 heterocycles. The molecule has 0 spiro atoms. The maximum atomic E-state index is 5.88. The lowest BCUT2D eigenvalue weighted by molar-refractivity contribution is 0.308. The van der Waals surface area contributed by atoms with Gasteiger partial charge >= 0.3 is 0 Å². The van der Waals surface area contributed by atoms with Gasteiger partial charge in [0.05, 0.1) is 3.79 Å². The Bertz CT molecular complexity index is 536. The quantitative estimate of drug-likeness (QED) is 0.858. The Balaban J connectivity index is 2.11. The normalized spacial score (nSPS) is 10.5. The number of benzene rings is 1. The second-order valence-corrected chi connectivity index (χ2v) is 6.52. The van der Waals surface area contributed by atoms with E-state index >= 15 is 0 Å². The van der Waals surface area contributed by atoms with E-state index in [1.54, 1.807) is 11.3 Å². The van der Waals surface area contributed by atoms with E-state index in [4.69, 9.17) is 10.5 Å². The average Bonchev–Trinajstić information content (AvgIpc) is 2.68. The van der Waals surface area contributed by atoms with Gasteiger partial charge in [0.2, 0.25) is 0 Å². The predicted molar refractivity (Wildman–Crippen MR) is 76.7 cm³/mol. The predicted octanol–water partition coefficient (Wildman–Crippen LogP) is 4.29. The van der Waals surface area contributed by atoms with Crippen LogP contribution in [0.1, 0.15) is 16.0 Å². The third-order valence-electron chi connectivity index (χ3n) is 2.56. The monoisotopic (exact) mass is 311 g/mol. The third kappa shape index (κ3) is 3.01. The van der Waals surface area contributed by atoms with Crippen LogP contribution < -0.4 is 10.5 Å². The van der Waals surface area contributed by atoms with E-state index in [0.29, 0.717) is 6.61 Å². The Labute approximate surface area is 114 Å². The molecule has 0 saturated carbocycles. The van der Waals surface area contributed by atoms with Crippen LogP contribution in [0.4, 0.5) is 5.69 Å². The van der Waals surface area contributed by atoms with E-state index in [1.807, 2.05) is 26.0 Å². The molecule has 0 bridgehead atoms. The van der Waals surface area contributed by atoms with Crippen LogP contribution in [0.25, 0.3) is 0 Å². The molecule has 0 saturated heterocycles. The molecule has 90 valence electrons. The molecule has 2 aromatic rings. The van der Waals surface area contributed by atoms with E-state index in [-0.39, 0.29) is 0 Å². The lowest BCUT2D eigenvalue weighted by Crippen LogP contribution is -1.98. The van der Waals surface area contributed by atoms with E-state index in [9.17, 15) is 0 Å². The first-order valence-corrected chi connectivity index (χ1v) is 6.91. The molecule has 0 aliphatic carbocycles. The fourth-order valence-corrected chi connectivity index (χ4v) is 2.98. The number of rotatable bonds is 3. The summed E-state index contributed by atoms with van der Waals surface area (Å²) in [5.74, 6) is 0.859. The van der Waals surface area contributed by atoms with Crippen molar-refractivity contribution in [1.29, 1.82) is 0 Å². The summed E-state index contributed by atoms with van der Waals surface area (Å²) in [6.45, 7) is 4.62. The van der Waals surface area contributed by atoms with Crippen LogP contribution in [0, 0.1) is 13.8 Å². The second kappa shape index (κ2) is 5.10. The van der Waals surface area contributed by atoms with Gasteiger partial charge in [-0.2, -0.15) is 0 Å². The van der Waals surface area contributed by atoms with Crippen molar-refractivity contribution in [3.8, 4) is 5.75 Å². The van der Waals surface area contributed by atoms with Crippen LogP contribution in [-0.2, 0) is 6.61 Å². The van der Waals surface area contributed by atoms with Gasteiger partial charge in [0, 0.05) is 16.6 Å². The summed E-state index contributed by atoms with van der Waals surface area (Å²) in [5.41, 5.74) is 8.86. The van der Waals surface area contributed by atoms with Crippen LogP contribution in [0.2, 0.25) is 0 Å². The number of ether oxygens (including phenoxy) is 1. The van der Waals surface area contributed by atoms with Crippen molar-refractivity contribution in [2.45, 2.75) is 20.5 Å². The van der Waals surface area contributed by atoms with Gasteiger partial charge in [0.15, 0.2) is 0 Å². The number of nitrogen functional groups attached to an aromatic ring is 1. The SMILES string of the molecule is Cc1cc(C)c(OCc2ccc(Br)s2)cc1N. The highest BCUT2D eigenvalue weighted by Crippen LogP contribution is 2.27. The molecule has 4 heteroatoms. The van der Waals surface area contributed by atoms with Crippen molar-refractivity contribution in [2.75, 3.05) is 5.73 Å². The smallest absolute Gasteiger partial charge is 0.124 e. The van der Waals surface area contributed by atoms with Gasteiger partial charge in [-0.3, -0.25) is 0 Å². The lowest BCUT2D eigenvalue weighted by atomic mass is 10.1. The summed E-state index contributed by atoms with van der Waals surface area (Å²) in [6, 6.07) is 8.03. The fourth-order valence-electron chi connectivity index (χ4n) is 1.58. The van der Waals surface area contributed by atoms with Crippen molar-refractivity contribution in [3.05, 3.63) is 44.1 Å². The maximum Gasteiger partial charge on any atom is 0.124 e. The van der Waals surface area contributed by atoms with E-state index < -0.39 is 0 Å². The molecule has 2 nitrogen and oxygen atoms in total. The molecular formula is C13H14BrNOS. The molecule has 0 aliphatic heterocycles. The zero-order valence-corrected chi connectivity index (χ0v) is 12.2. The first-order chi connectivity index (χ1) is 8.06. The van der Waals surface area contributed by atoms with Gasteiger partial charge in [-0.15, -0.1) is 11.3 Å². The molecule has 0 aliphatic rings. The molecule has 0 radical (unpaired) electrons. The summed E-state index contributed by atoms with van der Waals surface area (Å²) in [5, 5.41) is 0. The first kappa shape index (κ1) is 12.5. The van der Waals surface area contributed by atoms with Gasteiger partial charge in [0.1, 0.15) is 12.4 Å². The van der Waals surface area contributed by atoms with Gasteiger partial charge in [-0.1, -0.05) is 6.07 Å². The molecule has 0 atom stereocenters. The topological polar surface area (TPSA) is 35.2 Å². The zero-order chi connectivity index (χ0) is 12.4. The molecule has 2 rings (SSSR count). The molecule has 0 amide bonds. The summed E-state index contributed by atoms with van der Waals surface area (Å²) < 4.78 is 6.90. The highest BCUT2D eigenvalue weighted by Gasteiger charge is 2.05. The summed E-state index contributed by atoms with van der Waals surface area (Å²) in [4.78, 5) is 1.19. The molecule has 17 heavy (non-hydrogen) atoms. The molecule has 1 aromatic carbocycles. The number of hydrogen-bond donors (Lipinski definition) is 1. The zero-order valence-electron chi connectivity index (χ0n) is 9.79. The van der Waals surface area contributed by atoms with Crippen LogP contribution in [0.3, 0.4) is 0 Å². The van der Waals surface area contributed by atoms with Crippen molar-refractivity contribution < 1.29 is 4.74 Å². The van der Waals surface area contributed by atoms with E-state index in [2.05, 4.69) is 28.1 Å². The second-order valence-electron chi connectivity index (χ2n) is 3.97. The fraction of sp³-hybridized carbons (Fsp3) is 0.231. The Morgan fingerprint density at radius 1 is 1.24 bits per heavy atom. The maximum absolute atomic E-state index is 5.88. The minimum Gasteiger partial charge on any atom is -0.488 e.